The van der Waals surface area contributed by atoms with E-state index in [1.807, 2.05) is 24.3 Å². The van der Waals surface area contributed by atoms with Crippen molar-refractivity contribution in [3.63, 3.8) is 0 Å². The number of rotatable bonds is 7. The molecule has 3 rings (SSSR count). The molecule has 0 spiro atoms. The number of aromatic nitrogens is 2. The molecule has 146 valence electrons. The third-order valence-electron chi connectivity index (χ3n) is 5.13. The monoisotopic (exact) mass is 406 g/mol. The highest BCUT2D eigenvalue weighted by molar-refractivity contribution is 8.01. The van der Waals surface area contributed by atoms with Crippen LogP contribution in [0.1, 0.15) is 33.1 Å². The van der Waals surface area contributed by atoms with Crippen LogP contribution in [-0.2, 0) is 4.79 Å². The van der Waals surface area contributed by atoms with E-state index < -0.39 is 0 Å². The maximum Gasteiger partial charge on any atom is 0.230 e. The highest BCUT2D eigenvalue weighted by atomic mass is 32.2. The van der Waals surface area contributed by atoms with Gasteiger partial charge in [0.05, 0.1) is 12.9 Å². The van der Waals surface area contributed by atoms with Crippen LogP contribution in [0.15, 0.2) is 28.6 Å². The Morgan fingerprint density at radius 1 is 1.26 bits per heavy atom. The molecular formula is C19H26N4O2S2. The van der Waals surface area contributed by atoms with Crippen LogP contribution < -0.4 is 15.4 Å². The summed E-state index contributed by atoms with van der Waals surface area (Å²) in [4.78, 5) is 12.3. The molecule has 1 amide bonds. The number of anilines is 2. The molecule has 2 N–H and O–H groups in total. The zero-order valence-corrected chi connectivity index (χ0v) is 17.5. The smallest absolute Gasteiger partial charge is 0.230 e. The van der Waals surface area contributed by atoms with E-state index in [1.54, 1.807) is 7.11 Å². The number of nitrogens with zero attached hydrogens (tertiary/aromatic N) is 2. The fraction of sp³-hybridized carbons (Fsp3) is 0.526. The lowest BCUT2D eigenvalue weighted by Gasteiger charge is -2.34. The highest BCUT2D eigenvalue weighted by Gasteiger charge is 2.28. The Morgan fingerprint density at radius 2 is 2.04 bits per heavy atom. The van der Waals surface area contributed by atoms with Crippen molar-refractivity contribution in [1.82, 2.24) is 15.5 Å². The summed E-state index contributed by atoms with van der Waals surface area (Å²) in [5.74, 6) is 2.46. The summed E-state index contributed by atoms with van der Waals surface area (Å²) in [6.07, 6.45) is 3.54. The molecule has 1 aromatic heterocycles. The molecule has 1 aromatic carbocycles. The molecule has 0 radical (unpaired) electrons. The van der Waals surface area contributed by atoms with E-state index in [0.717, 1.165) is 22.2 Å². The third kappa shape index (κ3) is 5.59. The normalized spacial score (nSPS) is 22.3. The third-order valence-corrected chi connectivity index (χ3v) is 7.10. The number of hydrogen-bond donors (Lipinski definition) is 2. The molecular weight excluding hydrogens is 380 g/mol. The molecule has 1 fully saturated rings. The van der Waals surface area contributed by atoms with E-state index in [-0.39, 0.29) is 5.91 Å². The van der Waals surface area contributed by atoms with Crippen molar-refractivity contribution in [2.45, 2.75) is 43.5 Å². The summed E-state index contributed by atoms with van der Waals surface area (Å²) in [6, 6.07) is 7.91. The standard InChI is InChI=1S/C19H26N4O2S2/c1-12-5-4-6-16(13(12)2)21-17(24)11-26-19-23-22-18(27-19)20-14-7-9-15(25-3)10-8-14/h7-10,12-13,16H,4-6,11H2,1-3H3,(H,20,22)(H,21,24)/t12-,13-,16-/m1/s1. The molecule has 1 aliphatic carbocycles. The molecule has 8 heteroatoms. The number of hydrogen-bond acceptors (Lipinski definition) is 7. The molecule has 1 aliphatic rings. The minimum atomic E-state index is 0.0748. The quantitative estimate of drug-likeness (QED) is 0.667. The highest BCUT2D eigenvalue weighted by Crippen LogP contribution is 2.30. The second-order valence-electron chi connectivity index (χ2n) is 6.96. The Morgan fingerprint density at radius 3 is 2.78 bits per heavy atom. The van der Waals surface area contributed by atoms with E-state index in [4.69, 9.17) is 4.74 Å². The first-order chi connectivity index (χ1) is 13.0. The Bertz CT molecular complexity index is 750. The van der Waals surface area contributed by atoms with Crippen molar-refractivity contribution in [3.05, 3.63) is 24.3 Å². The molecule has 2 aromatic rings. The molecule has 3 atom stereocenters. The fourth-order valence-electron chi connectivity index (χ4n) is 3.28. The molecule has 6 nitrogen and oxygen atoms in total. The lowest BCUT2D eigenvalue weighted by molar-refractivity contribution is -0.119. The molecule has 0 aliphatic heterocycles. The van der Waals surface area contributed by atoms with Gasteiger partial charge in [-0.2, -0.15) is 0 Å². The average molecular weight is 407 g/mol. The first-order valence-electron chi connectivity index (χ1n) is 9.22. The SMILES string of the molecule is COc1ccc(Nc2nnc(SCC(=O)N[C@@H]3CCC[C@@H](C)[C@H]3C)s2)cc1. The van der Waals surface area contributed by atoms with Crippen molar-refractivity contribution < 1.29 is 9.53 Å². The lowest BCUT2D eigenvalue weighted by atomic mass is 9.78. The number of amides is 1. The van der Waals surface area contributed by atoms with Gasteiger partial charge < -0.3 is 15.4 Å². The van der Waals surface area contributed by atoms with Crippen LogP contribution >= 0.6 is 23.1 Å². The minimum Gasteiger partial charge on any atom is -0.497 e. The van der Waals surface area contributed by atoms with Crippen LogP contribution in [0, 0.1) is 11.8 Å². The number of carbonyl (C=O) groups excluding carboxylic acids is 1. The summed E-state index contributed by atoms with van der Waals surface area (Å²) < 4.78 is 5.93. The van der Waals surface area contributed by atoms with E-state index in [1.165, 1.54) is 35.9 Å². The Kier molecular flexibility index (Phi) is 6.95. The largest absolute Gasteiger partial charge is 0.497 e. The van der Waals surface area contributed by atoms with Crippen LogP contribution in [0.25, 0.3) is 0 Å². The zero-order valence-electron chi connectivity index (χ0n) is 15.9. The van der Waals surface area contributed by atoms with Gasteiger partial charge in [0, 0.05) is 11.7 Å². The van der Waals surface area contributed by atoms with Gasteiger partial charge in [0.25, 0.3) is 0 Å². The Labute approximate surface area is 168 Å². The van der Waals surface area contributed by atoms with Gasteiger partial charge in [0.1, 0.15) is 5.75 Å². The van der Waals surface area contributed by atoms with Crippen molar-refractivity contribution in [3.8, 4) is 5.75 Å². The van der Waals surface area contributed by atoms with Gasteiger partial charge in [-0.25, -0.2) is 0 Å². The number of nitrogens with one attached hydrogen (secondary N) is 2. The maximum absolute atomic E-state index is 12.3. The second kappa shape index (κ2) is 9.41. The predicted octanol–water partition coefficient (Wildman–Crippen LogP) is 4.32. The van der Waals surface area contributed by atoms with Crippen LogP contribution in [0.5, 0.6) is 5.75 Å². The van der Waals surface area contributed by atoms with Gasteiger partial charge in [-0.3, -0.25) is 4.79 Å². The van der Waals surface area contributed by atoms with Gasteiger partial charge in [-0.15, -0.1) is 10.2 Å². The average Bonchev–Trinajstić information content (AvgIpc) is 3.12. The fourth-order valence-corrected chi connectivity index (χ4v) is 4.86. The summed E-state index contributed by atoms with van der Waals surface area (Å²) >= 11 is 2.87. The topological polar surface area (TPSA) is 76.1 Å². The van der Waals surface area contributed by atoms with Gasteiger partial charge in [0.15, 0.2) is 4.34 Å². The van der Waals surface area contributed by atoms with Crippen molar-refractivity contribution in [2.75, 3.05) is 18.2 Å². The molecule has 1 heterocycles. The van der Waals surface area contributed by atoms with Crippen molar-refractivity contribution >= 4 is 39.8 Å². The van der Waals surface area contributed by atoms with Crippen LogP contribution in [-0.4, -0.2) is 35.0 Å². The lowest BCUT2D eigenvalue weighted by Crippen LogP contribution is -2.44. The summed E-state index contributed by atoms with van der Waals surface area (Å²) in [6.45, 7) is 4.51. The maximum atomic E-state index is 12.3. The predicted molar refractivity (Wildman–Crippen MR) is 111 cm³/mol. The van der Waals surface area contributed by atoms with Gasteiger partial charge >= 0.3 is 0 Å². The summed E-state index contributed by atoms with van der Waals surface area (Å²) in [7, 11) is 1.64. The molecule has 0 unspecified atom stereocenters. The van der Waals surface area contributed by atoms with Gasteiger partial charge in [0.2, 0.25) is 11.0 Å². The molecule has 1 saturated carbocycles. The molecule has 27 heavy (non-hydrogen) atoms. The van der Waals surface area contributed by atoms with Crippen molar-refractivity contribution in [1.29, 1.82) is 0 Å². The number of carbonyl (C=O) groups is 1. The van der Waals surface area contributed by atoms with E-state index in [2.05, 4.69) is 34.7 Å². The number of benzene rings is 1. The minimum absolute atomic E-state index is 0.0748. The zero-order chi connectivity index (χ0) is 19.2. The first-order valence-corrected chi connectivity index (χ1v) is 11.0. The van der Waals surface area contributed by atoms with Crippen LogP contribution in [0.4, 0.5) is 10.8 Å². The van der Waals surface area contributed by atoms with E-state index in [0.29, 0.717) is 28.8 Å². The molecule has 0 bridgehead atoms. The van der Waals surface area contributed by atoms with E-state index >= 15 is 0 Å². The van der Waals surface area contributed by atoms with Crippen LogP contribution in [0.3, 0.4) is 0 Å². The van der Waals surface area contributed by atoms with E-state index in [9.17, 15) is 4.79 Å². The Hall–Kier alpha value is -1.80. The van der Waals surface area contributed by atoms with Gasteiger partial charge in [-0.05, 0) is 42.5 Å². The van der Waals surface area contributed by atoms with Crippen molar-refractivity contribution in [2.24, 2.45) is 11.8 Å². The second-order valence-corrected chi connectivity index (χ2v) is 9.16. The number of methoxy groups -OCH3 is 1. The number of thioether (sulfide) groups is 1. The molecule has 0 saturated heterocycles. The van der Waals surface area contributed by atoms with Crippen LogP contribution in [0.2, 0.25) is 0 Å². The van der Waals surface area contributed by atoms with Gasteiger partial charge in [-0.1, -0.05) is 49.8 Å². The Balaban J connectivity index is 1.46. The summed E-state index contributed by atoms with van der Waals surface area (Å²) in [5, 5.41) is 15.4. The summed E-state index contributed by atoms with van der Waals surface area (Å²) in [5.41, 5.74) is 0.918. The first kappa shape index (κ1) is 19.9. The number of ether oxygens (including phenoxy) is 1.